The first-order valence-electron chi connectivity index (χ1n) is 5.99. The van der Waals surface area contributed by atoms with Gasteiger partial charge in [0.2, 0.25) is 0 Å². The average molecular weight is 360 g/mol. The van der Waals surface area contributed by atoms with Crippen LogP contribution in [0.25, 0.3) is 0 Å². The lowest BCUT2D eigenvalue weighted by atomic mass is 10.2. The number of pyridine rings is 1. The van der Waals surface area contributed by atoms with Gasteiger partial charge in [-0.1, -0.05) is 0 Å². The van der Waals surface area contributed by atoms with E-state index >= 15 is 0 Å². The number of carbonyl (C=O) groups excluding carboxylic acids is 1. The molecule has 0 saturated heterocycles. The molecule has 1 aromatic rings. The van der Waals surface area contributed by atoms with Crippen LogP contribution in [0.4, 0.5) is 13.2 Å². The Kier molecular flexibility index (Phi) is 8.68. The highest BCUT2D eigenvalue weighted by atomic mass is 32.2. The van der Waals surface area contributed by atoms with Gasteiger partial charge in [-0.25, -0.2) is 0 Å². The Hall–Kier alpha value is -1.76. The summed E-state index contributed by atoms with van der Waals surface area (Å²) < 4.78 is 57.5. The number of halogens is 3. The number of aliphatic hydroxyl groups excluding tert-OH is 2. The number of aliphatic hydroxyl groups is 2. The maximum atomic E-state index is 11.8. The van der Waals surface area contributed by atoms with Crippen LogP contribution in [-0.2, 0) is 10.1 Å². The summed E-state index contributed by atoms with van der Waals surface area (Å²) in [4.78, 5) is 17.0. The van der Waals surface area contributed by atoms with Crippen LogP contribution >= 0.6 is 0 Å². The molecular weight excluding hydrogens is 345 g/mol. The summed E-state index contributed by atoms with van der Waals surface area (Å²) in [6.07, 6.45) is 3.06. The van der Waals surface area contributed by atoms with E-state index in [0.717, 1.165) is 0 Å². The predicted molar refractivity (Wildman–Crippen MR) is 71.9 cm³/mol. The molecular formula is C11H15F3N2O6S. The molecule has 132 valence electrons. The Balaban J connectivity index is 0.000000515. The van der Waals surface area contributed by atoms with Gasteiger partial charge in [-0.2, -0.15) is 21.6 Å². The van der Waals surface area contributed by atoms with Crippen molar-refractivity contribution in [1.82, 2.24) is 9.88 Å². The largest absolute Gasteiger partial charge is 0.522 e. The molecule has 0 saturated carbocycles. The van der Waals surface area contributed by atoms with E-state index < -0.39 is 15.6 Å². The lowest BCUT2D eigenvalue weighted by Crippen LogP contribution is -2.35. The van der Waals surface area contributed by atoms with Crippen LogP contribution in [0.15, 0.2) is 24.5 Å². The SMILES string of the molecule is O=C(c1ccncc1)N(CCO)CCO.O=S(=O)(O)C(F)(F)F. The fraction of sp³-hybridized carbons (Fsp3) is 0.455. The van der Waals surface area contributed by atoms with Crippen molar-refractivity contribution in [1.29, 1.82) is 0 Å². The van der Waals surface area contributed by atoms with Gasteiger partial charge in [-0.05, 0) is 12.1 Å². The first-order chi connectivity index (χ1) is 10.5. The van der Waals surface area contributed by atoms with Crippen molar-refractivity contribution in [2.24, 2.45) is 0 Å². The number of amides is 1. The highest BCUT2D eigenvalue weighted by molar-refractivity contribution is 7.86. The molecule has 0 unspecified atom stereocenters. The molecule has 0 aliphatic rings. The fourth-order valence-electron chi connectivity index (χ4n) is 1.23. The third-order valence-corrected chi connectivity index (χ3v) is 2.83. The van der Waals surface area contributed by atoms with Gasteiger partial charge in [0, 0.05) is 31.0 Å². The molecule has 23 heavy (non-hydrogen) atoms. The number of aromatic nitrogens is 1. The summed E-state index contributed by atoms with van der Waals surface area (Å²) in [5.41, 5.74) is -5.03. The van der Waals surface area contributed by atoms with Gasteiger partial charge in [0.15, 0.2) is 0 Å². The number of nitrogens with zero attached hydrogens (tertiary/aromatic N) is 2. The van der Waals surface area contributed by atoms with Crippen LogP contribution in [0.5, 0.6) is 0 Å². The minimum Gasteiger partial charge on any atom is -0.395 e. The van der Waals surface area contributed by atoms with Crippen molar-refractivity contribution in [3.05, 3.63) is 30.1 Å². The van der Waals surface area contributed by atoms with Crippen molar-refractivity contribution in [3.8, 4) is 0 Å². The highest BCUT2D eigenvalue weighted by Gasteiger charge is 2.44. The molecule has 0 aliphatic carbocycles. The predicted octanol–water partition coefficient (Wildman–Crippen LogP) is -0.0976. The Labute approximate surface area is 129 Å². The van der Waals surface area contributed by atoms with Crippen LogP contribution < -0.4 is 0 Å². The summed E-state index contributed by atoms with van der Waals surface area (Å²) in [6, 6.07) is 3.20. The molecule has 0 radical (unpaired) electrons. The maximum absolute atomic E-state index is 11.8. The molecule has 1 rings (SSSR count). The molecule has 3 N–H and O–H groups in total. The second-order valence-electron chi connectivity index (χ2n) is 3.90. The van der Waals surface area contributed by atoms with E-state index in [1.54, 1.807) is 12.1 Å². The van der Waals surface area contributed by atoms with Gasteiger partial charge in [0.25, 0.3) is 5.91 Å². The molecule has 12 heteroatoms. The van der Waals surface area contributed by atoms with Gasteiger partial charge < -0.3 is 15.1 Å². The average Bonchev–Trinajstić information content (AvgIpc) is 2.46. The van der Waals surface area contributed by atoms with Crippen molar-refractivity contribution in [2.45, 2.75) is 5.51 Å². The number of hydrogen-bond donors (Lipinski definition) is 3. The van der Waals surface area contributed by atoms with E-state index in [2.05, 4.69) is 4.98 Å². The van der Waals surface area contributed by atoms with Gasteiger partial charge in [-0.3, -0.25) is 14.3 Å². The van der Waals surface area contributed by atoms with Crippen LogP contribution in [0.2, 0.25) is 0 Å². The Bertz CT molecular complexity index is 573. The molecule has 1 heterocycles. The summed E-state index contributed by atoms with van der Waals surface area (Å²) >= 11 is 0. The van der Waals surface area contributed by atoms with Gasteiger partial charge >= 0.3 is 15.6 Å². The quantitative estimate of drug-likeness (QED) is 0.494. The summed E-state index contributed by atoms with van der Waals surface area (Å²) in [6.45, 7) is 0.219. The van der Waals surface area contributed by atoms with Crippen LogP contribution in [0, 0.1) is 0 Å². The molecule has 1 amide bonds. The van der Waals surface area contributed by atoms with E-state index in [0.29, 0.717) is 5.56 Å². The van der Waals surface area contributed by atoms with E-state index in [4.69, 9.17) is 23.2 Å². The Morgan fingerprint density at radius 3 is 1.83 bits per heavy atom. The molecule has 0 aromatic carbocycles. The number of carbonyl (C=O) groups is 1. The summed E-state index contributed by atoms with van der Waals surface area (Å²) in [5, 5.41) is 17.5. The fourth-order valence-corrected chi connectivity index (χ4v) is 1.23. The van der Waals surface area contributed by atoms with Crippen molar-refractivity contribution in [2.75, 3.05) is 26.3 Å². The zero-order valence-corrected chi connectivity index (χ0v) is 12.5. The first-order valence-corrected chi connectivity index (χ1v) is 7.43. The minimum absolute atomic E-state index is 0.114. The van der Waals surface area contributed by atoms with E-state index in [1.807, 2.05) is 0 Å². The molecule has 0 spiro atoms. The second kappa shape index (κ2) is 9.39. The lowest BCUT2D eigenvalue weighted by molar-refractivity contribution is -0.0510. The molecule has 8 nitrogen and oxygen atoms in total. The Morgan fingerprint density at radius 2 is 1.52 bits per heavy atom. The van der Waals surface area contributed by atoms with Crippen LogP contribution in [0.3, 0.4) is 0 Å². The summed E-state index contributed by atoms with van der Waals surface area (Å²) in [7, 11) is -5.84. The monoisotopic (exact) mass is 360 g/mol. The standard InChI is InChI=1S/C10H14N2O3.CHF3O3S/c13-7-5-12(6-8-14)10(15)9-1-3-11-4-2-9;2-1(3,4)8(5,6)7/h1-4,13-14H,5-8H2;(H,5,6,7). The van der Waals surface area contributed by atoms with E-state index in [9.17, 15) is 18.0 Å². The molecule has 0 bridgehead atoms. The van der Waals surface area contributed by atoms with Crippen molar-refractivity contribution >= 4 is 16.0 Å². The minimum atomic E-state index is -5.84. The third-order valence-electron chi connectivity index (χ3n) is 2.25. The zero-order chi connectivity index (χ0) is 18.1. The molecule has 0 atom stereocenters. The molecule has 0 fully saturated rings. The smallest absolute Gasteiger partial charge is 0.395 e. The normalized spacial score (nSPS) is 11.4. The first kappa shape index (κ1) is 21.2. The maximum Gasteiger partial charge on any atom is 0.522 e. The van der Waals surface area contributed by atoms with Gasteiger partial charge in [0.05, 0.1) is 13.2 Å². The van der Waals surface area contributed by atoms with E-state index in [1.165, 1.54) is 17.3 Å². The Morgan fingerprint density at radius 1 is 1.13 bits per heavy atom. The van der Waals surface area contributed by atoms with Gasteiger partial charge in [0.1, 0.15) is 0 Å². The topological polar surface area (TPSA) is 128 Å². The number of alkyl halides is 3. The highest BCUT2D eigenvalue weighted by Crippen LogP contribution is 2.20. The van der Waals surface area contributed by atoms with Gasteiger partial charge in [-0.15, -0.1) is 0 Å². The van der Waals surface area contributed by atoms with Crippen molar-refractivity contribution < 1.29 is 41.1 Å². The lowest BCUT2D eigenvalue weighted by Gasteiger charge is -2.20. The number of hydrogen-bond acceptors (Lipinski definition) is 6. The van der Waals surface area contributed by atoms with Crippen LogP contribution in [0.1, 0.15) is 10.4 Å². The van der Waals surface area contributed by atoms with Crippen LogP contribution in [-0.4, -0.2) is 70.8 Å². The van der Waals surface area contributed by atoms with Crippen molar-refractivity contribution in [3.63, 3.8) is 0 Å². The third kappa shape index (κ3) is 7.88. The summed E-state index contributed by atoms with van der Waals surface area (Å²) in [5.74, 6) is -0.208. The molecule has 1 aromatic heterocycles. The second-order valence-corrected chi connectivity index (χ2v) is 5.31. The molecule has 0 aliphatic heterocycles. The zero-order valence-electron chi connectivity index (χ0n) is 11.6. The number of rotatable bonds is 5. The van der Waals surface area contributed by atoms with E-state index in [-0.39, 0.29) is 32.2 Å².